The van der Waals surface area contributed by atoms with Gasteiger partial charge in [-0.2, -0.15) is 0 Å². The molecular formula is C16H26N2O9. The molecule has 0 fully saturated rings. The van der Waals surface area contributed by atoms with Gasteiger partial charge in [0.2, 0.25) is 5.91 Å². The third kappa shape index (κ3) is 11.4. The molecular weight excluding hydrogens is 364 g/mol. The third-order valence-electron chi connectivity index (χ3n) is 3.12. The van der Waals surface area contributed by atoms with Gasteiger partial charge in [0.05, 0.1) is 7.11 Å². The van der Waals surface area contributed by atoms with E-state index in [1.807, 2.05) is 0 Å². The molecule has 0 rings (SSSR count). The van der Waals surface area contributed by atoms with Crippen LogP contribution in [0, 0.1) is 0 Å². The zero-order valence-electron chi connectivity index (χ0n) is 15.7. The van der Waals surface area contributed by atoms with Crippen LogP contribution < -0.4 is 10.6 Å². The minimum Gasteiger partial charge on any atom is -0.481 e. The standard InChI is InChI=1S/C16H26N2O9/c1-16(2,3)27-15(25)18-10(14(24)26-4)5-7-11(19)17-9(13(22)23)6-8-12(20)21/h9-10H,5-8H2,1-4H3,(H,17,19)(H,18,25)(H,20,21)(H,22,23)/t9-,10-/m0/s1. The second kappa shape index (κ2) is 11.0. The van der Waals surface area contributed by atoms with Crippen molar-refractivity contribution in [2.75, 3.05) is 7.11 Å². The number of methoxy groups -OCH3 is 1. The van der Waals surface area contributed by atoms with Gasteiger partial charge in [0.15, 0.2) is 0 Å². The Balaban J connectivity index is 4.74. The largest absolute Gasteiger partial charge is 0.481 e. The molecule has 2 amide bonds. The fraction of sp³-hybridized carbons (Fsp3) is 0.688. The van der Waals surface area contributed by atoms with Gasteiger partial charge in [-0.15, -0.1) is 0 Å². The fourth-order valence-electron chi connectivity index (χ4n) is 1.91. The van der Waals surface area contributed by atoms with Crippen LogP contribution in [0.2, 0.25) is 0 Å². The van der Waals surface area contributed by atoms with Crippen molar-refractivity contribution in [3.8, 4) is 0 Å². The van der Waals surface area contributed by atoms with E-state index in [2.05, 4.69) is 15.4 Å². The van der Waals surface area contributed by atoms with E-state index in [0.29, 0.717) is 0 Å². The molecule has 11 nitrogen and oxygen atoms in total. The summed E-state index contributed by atoms with van der Waals surface area (Å²) in [6.07, 6.45) is -2.05. The summed E-state index contributed by atoms with van der Waals surface area (Å²) >= 11 is 0. The molecule has 27 heavy (non-hydrogen) atoms. The molecule has 0 aromatic carbocycles. The molecule has 0 saturated heterocycles. The van der Waals surface area contributed by atoms with Gasteiger partial charge < -0.3 is 30.3 Å². The van der Waals surface area contributed by atoms with Gasteiger partial charge in [-0.05, 0) is 33.6 Å². The number of carbonyl (C=O) groups is 5. The quantitative estimate of drug-likeness (QED) is 0.382. The zero-order chi connectivity index (χ0) is 21.2. The molecule has 0 aliphatic heterocycles. The fourth-order valence-corrected chi connectivity index (χ4v) is 1.91. The van der Waals surface area contributed by atoms with Crippen LogP contribution in [0.4, 0.5) is 4.79 Å². The van der Waals surface area contributed by atoms with E-state index in [1.165, 1.54) is 0 Å². The van der Waals surface area contributed by atoms with Crippen molar-refractivity contribution in [2.45, 2.75) is 64.1 Å². The first kappa shape index (κ1) is 24.1. The Morgan fingerprint density at radius 3 is 1.93 bits per heavy atom. The number of hydrogen-bond acceptors (Lipinski definition) is 7. The number of nitrogens with one attached hydrogen (secondary N) is 2. The zero-order valence-corrected chi connectivity index (χ0v) is 15.7. The highest BCUT2D eigenvalue weighted by Crippen LogP contribution is 2.08. The van der Waals surface area contributed by atoms with Crippen LogP contribution in [0.5, 0.6) is 0 Å². The molecule has 0 aromatic heterocycles. The topological polar surface area (TPSA) is 168 Å². The SMILES string of the molecule is COC(=O)[C@H](CCC(=O)N[C@@H](CCC(=O)O)C(=O)O)NC(=O)OC(C)(C)C. The van der Waals surface area contributed by atoms with E-state index in [-0.39, 0.29) is 19.3 Å². The molecule has 154 valence electrons. The number of carboxylic acids is 2. The first-order chi connectivity index (χ1) is 12.4. The van der Waals surface area contributed by atoms with Gasteiger partial charge in [0.1, 0.15) is 17.7 Å². The molecule has 11 heteroatoms. The Morgan fingerprint density at radius 1 is 0.926 bits per heavy atom. The van der Waals surface area contributed by atoms with Crippen LogP contribution in [0.15, 0.2) is 0 Å². The number of carboxylic acid groups (broad SMARTS) is 2. The predicted octanol–water partition coefficient (Wildman–Crippen LogP) is 0.267. The van der Waals surface area contributed by atoms with Gasteiger partial charge in [-0.25, -0.2) is 14.4 Å². The molecule has 0 radical (unpaired) electrons. The van der Waals surface area contributed by atoms with Crippen molar-refractivity contribution >= 4 is 29.9 Å². The molecule has 0 aliphatic rings. The van der Waals surface area contributed by atoms with Gasteiger partial charge in [0.25, 0.3) is 0 Å². The van der Waals surface area contributed by atoms with Crippen molar-refractivity contribution < 1.29 is 43.7 Å². The summed E-state index contributed by atoms with van der Waals surface area (Å²) in [5.41, 5.74) is -0.791. The van der Waals surface area contributed by atoms with E-state index >= 15 is 0 Å². The Hall–Kier alpha value is -2.85. The summed E-state index contributed by atoms with van der Waals surface area (Å²) < 4.78 is 9.59. The summed E-state index contributed by atoms with van der Waals surface area (Å²) in [5, 5.41) is 22.1. The minimum atomic E-state index is -1.37. The van der Waals surface area contributed by atoms with Crippen molar-refractivity contribution in [1.29, 1.82) is 0 Å². The predicted molar refractivity (Wildman–Crippen MR) is 90.8 cm³/mol. The molecule has 0 aromatic rings. The first-order valence-corrected chi connectivity index (χ1v) is 8.17. The van der Waals surface area contributed by atoms with E-state index in [4.69, 9.17) is 14.9 Å². The van der Waals surface area contributed by atoms with Crippen molar-refractivity contribution in [3.63, 3.8) is 0 Å². The van der Waals surface area contributed by atoms with Gasteiger partial charge >= 0.3 is 24.0 Å². The Kier molecular flexibility index (Phi) is 9.83. The van der Waals surface area contributed by atoms with Crippen LogP contribution in [0.3, 0.4) is 0 Å². The van der Waals surface area contributed by atoms with E-state index in [1.54, 1.807) is 20.8 Å². The maximum absolute atomic E-state index is 11.9. The molecule has 0 heterocycles. The highest BCUT2D eigenvalue weighted by Gasteiger charge is 2.27. The van der Waals surface area contributed by atoms with Crippen molar-refractivity contribution in [2.24, 2.45) is 0 Å². The second-order valence-corrected chi connectivity index (χ2v) is 6.65. The number of aliphatic carboxylic acids is 2. The van der Waals surface area contributed by atoms with E-state index in [9.17, 15) is 24.0 Å². The summed E-state index contributed by atoms with van der Waals surface area (Å²) in [6, 6.07) is -2.54. The highest BCUT2D eigenvalue weighted by molar-refractivity contribution is 5.85. The lowest BCUT2D eigenvalue weighted by atomic mass is 10.1. The highest BCUT2D eigenvalue weighted by atomic mass is 16.6. The monoisotopic (exact) mass is 390 g/mol. The molecule has 2 atom stereocenters. The van der Waals surface area contributed by atoms with Crippen LogP contribution in [0.25, 0.3) is 0 Å². The van der Waals surface area contributed by atoms with Crippen LogP contribution in [-0.4, -0.2) is 64.9 Å². The van der Waals surface area contributed by atoms with Gasteiger partial charge in [0, 0.05) is 12.8 Å². The number of carbonyl (C=O) groups excluding carboxylic acids is 3. The smallest absolute Gasteiger partial charge is 0.408 e. The van der Waals surface area contributed by atoms with E-state index in [0.717, 1.165) is 7.11 Å². The maximum Gasteiger partial charge on any atom is 0.408 e. The van der Waals surface area contributed by atoms with Gasteiger partial charge in [-0.3, -0.25) is 9.59 Å². The number of alkyl carbamates (subject to hydrolysis) is 1. The van der Waals surface area contributed by atoms with Crippen LogP contribution >= 0.6 is 0 Å². The summed E-state index contributed by atoms with van der Waals surface area (Å²) in [7, 11) is 1.11. The molecule has 0 spiro atoms. The normalized spacial score (nSPS) is 13.0. The molecule has 0 aliphatic carbocycles. The maximum atomic E-state index is 11.9. The molecule has 0 unspecified atom stereocenters. The number of hydrogen-bond donors (Lipinski definition) is 4. The molecule has 0 bridgehead atoms. The minimum absolute atomic E-state index is 0.164. The van der Waals surface area contributed by atoms with Crippen molar-refractivity contribution in [3.05, 3.63) is 0 Å². The van der Waals surface area contributed by atoms with E-state index < -0.39 is 54.0 Å². The van der Waals surface area contributed by atoms with Crippen LogP contribution in [-0.2, 0) is 28.7 Å². The first-order valence-electron chi connectivity index (χ1n) is 8.17. The summed E-state index contributed by atoms with van der Waals surface area (Å²) in [5.74, 6) is -4.08. The number of ether oxygens (including phenoxy) is 2. The third-order valence-corrected chi connectivity index (χ3v) is 3.12. The Bertz CT molecular complexity index is 569. The second-order valence-electron chi connectivity index (χ2n) is 6.65. The average molecular weight is 390 g/mol. The molecule has 4 N–H and O–H groups in total. The van der Waals surface area contributed by atoms with Gasteiger partial charge in [-0.1, -0.05) is 0 Å². The number of amides is 2. The lowest BCUT2D eigenvalue weighted by molar-refractivity contribution is -0.145. The lowest BCUT2D eigenvalue weighted by Gasteiger charge is -2.22. The number of rotatable bonds is 10. The number of esters is 1. The molecule has 0 saturated carbocycles. The van der Waals surface area contributed by atoms with Crippen molar-refractivity contribution in [1.82, 2.24) is 10.6 Å². The summed E-state index contributed by atoms with van der Waals surface area (Å²) in [4.78, 5) is 57.0. The van der Waals surface area contributed by atoms with Crippen LogP contribution in [0.1, 0.15) is 46.5 Å². The Morgan fingerprint density at radius 2 is 1.48 bits per heavy atom. The Labute approximate surface area is 156 Å². The lowest BCUT2D eigenvalue weighted by Crippen LogP contribution is -2.45. The summed E-state index contributed by atoms with van der Waals surface area (Å²) in [6.45, 7) is 4.91. The average Bonchev–Trinajstić information content (AvgIpc) is 2.52.